The maximum Gasteiger partial charge on any atom is 0.420 e. The lowest BCUT2D eigenvalue weighted by atomic mass is 9.90. The molecule has 0 saturated carbocycles. The molecule has 2 rings (SSSR count). The number of ether oxygens (including phenoxy) is 2. The molecule has 1 saturated heterocycles. The summed E-state index contributed by atoms with van der Waals surface area (Å²) in [5.41, 5.74) is 0.0239. The molecule has 0 radical (unpaired) electrons. The molecule has 22 heavy (non-hydrogen) atoms. The van der Waals surface area contributed by atoms with Crippen LogP contribution >= 0.6 is 0 Å². The van der Waals surface area contributed by atoms with E-state index < -0.39 is 11.7 Å². The molecular weight excluding hydrogens is 295 g/mol. The summed E-state index contributed by atoms with van der Waals surface area (Å²) < 4.78 is 50.4. The Bertz CT molecular complexity index is 497. The zero-order valence-corrected chi connectivity index (χ0v) is 12.9. The summed E-state index contributed by atoms with van der Waals surface area (Å²) in [7, 11) is 0. The average Bonchev–Trinajstić information content (AvgIpc) is 2.48. The molecule has 1 fully saturated rings. The minimum Gasteiger partial charge on any atom is -0.494 e. The van der Waals surface area contributed by atoms with Crippen molar-refractivity contribution in [3.05, 3.63) is 23.3 Å². The third kappa shape index (κ3) is 3.85. The second kappa shape index (κ2) is 7.22. The minimum atomic E-state index is -4.46. The SMILES string of the molecule is CCOc1cc(C(F)(F)F)c(OCC)cc1[C@H]1CCCNC1. The van der Waals surface area contributed by atoms with Crippen LogP contribution in [0, 0.1) is 0 Å². The zero-order chi connectivity index (χ0) is 16.2. The van der Waals surface area contributed by atoms with E-state index in [1.165, 1.54) is 6.07 Å². The third-order valence-corrected chi connectivity index (χ3v) is 3.75. The van der Waals surface area contributed by atoms with Gasteiger partial charge >= 0.3 is 6.18 Å². The van der Waals surface area contributed by atoms with Crippen LogP contribution in [-0.4, -0.2) is 26.3 Å². The van der Waals surface area contributed by atoms with E-state index in [-0.39, 0.29) is 18.3 Å². The minimum absolute atomic E-state index is 0.112. The van der Waals surface area contributed by atoms with Gasteiger partial charge in [0.05, 0.1) is 13.2 Å². The fourth-order valence-electron chi connectivity index (χ4n) is 2.79. The van der Waals surface area contributed by atoms with Crippen molar-refractivity contribution in [3.8, 4) is 11.5 Å². The van der Waals surface area contributed by atoms with Crippen molar-refractivity contribution in [2.24, 2.45) is 0 Å². The van der Waals surface area contributed by atoms with Crippen LogP contribution in [0.4, 0.5) is 13.2 Å². The van der Waals surface area contributed by atoms with E-state index >= 15 is 0 Å². The molecule has 1 aliphatic heterocycles. The van der Waals surface area contributed by atoms with Crippen molar-refractivity contribution >= 4 is 0 Å². The normalized spacial score (nSPS) is 19.0. The van der Waals surface area contributed by atoms with Gasteiger partial charge in [-0.2, -0.15) is 13.2 Å². The van der Waals surface area contributed by atoms with Crippen molar-refractivity contribution in [2.75, 3.05) is 26.3 Å². The number of nitrogens with one attached hydrogen (secondary N) is 1. The number of alkyl halides is 3. The van der Waals surface area contributed by atoms with Crippen molar-refractivity contribution < 1.29 is 22.6 Å². The number of halogens is 3. The molecule has 3 nitrogen and oxygen atoms in total. The van der Waals surface area contributed by atoms with Crippen LogP contribution in [0.15, 0.2) is 12.1 Å². The van der Waals surface area contributed by atoms with Crippen LogP contribution in [0.5, 0.6) is 11.5 Å². The summed E-state index contributed by atoms with van der Waals surface area (Å²) in [4.78, 5) is 0. The van der Waals surface area contributed by atoms with Gasteiger partial charge in [-0.1, -0.05) is 0 Å². The van der Waals surface area contributed by atoms with Gasteiger partial charge in [0.2, 0.25) is 0 Å². The first-order chi connectivity index (χ1) is 10.5. The highest BCUT2D eigenvalue weighted by Crippen LogP contribution is 2.43. The number of benzene rings is 1. The van der Waals surface area contributed by atoms with Gasteiger partial charge in [-0.05, 0) is 45.4 Å². The highest BCUT2D eigenvalue weighted by atomic mass is 19.4. The summed E-state index contributed by atoms with van der Waals surface area (Å²) in [5.74, 6) is 0.350. The van der Waals surface area contributed by atoms with Crippen LogP contribution in [0.25, 0.3) is 0 Å². The Labute approximate surface area is 128 Å². The second-order valence-electron chi connectivity index (χ2n) is 5.29. The van der Waals surface area contributed by atoms with Gasteiger partial charge in [0.15, 0.2) is 0 Å². The van der Waals surface area contributed by atoms with Gasteiger partial charge in [0.25, 0.3) is 0 Å². The van der Waals surface area contributed by atoms with Crippen molar-refractivity contribution in [1.82, 2.24) is 5.32 Å². The molecule has 0 aromatic heterocycles. The smallest absolute Gasteiger partial charge is 0.420 e. The fraction of sp³-hybridized carbons (Fsp3) is 0.625. The first kappa shape index (κ1) is 16.9. The molecule has 1 aromatic carbocycles. The molecule has 1 aromatic rings. The largest absolute Gasteiger partial charge is 0.494 e. The molecule has 0 unspecified atom stereocenters. The maximum atomic E-state index is 13.2. The average molecular weight is 317 g/mol. The predicted molar refractivity (Wildman–Crippen MR) is 78.6 cm³/mol. The molecule has 1 atom stereocenters. The molecule has 124 valence electrons. The van der Waals surface area contributed by atoms with E-state index in [0.717, 1.165) is 37.6 Å². The van der Waals surface area contributed by atoms with Crippen LogP contribution in [0.3, 0.4) is 0 Å². The maximum absolute atomic E-state index is 13.2. The zero-order valence-electron chi connectivity index (χ0n) is 12.9. The van der Waals surface area contributed by atoms with Gasteiger partial charge < -0.3 is 14.8 Å². The van der Waals surface area contributed by atoms with Gasteiger partial charge in [0, 0.05) is 18.0 Å². The molecular formula is C16H22F3NO2. The highest BCUT2D eigenvalue weighted by Gasteiger charge is 2.36. The van der Waals surface area contributed by atoms with Gasteiger partial charge in [-0.3, -0.25) is 0 Å². The summed E-state index contributed by atoms with van der Waals surface area (Å²) in [6.45, 7) is 5.67. The van der Waals surface area contributed by atoms with Crippen molar-refractivity contribution in [1.29, 1.82) is 0 Å². The molecule has 0 aliphatic carbocycles. The Morgan fingerprint density at radius 1 is 1.14 bits per heavy atom. The summed E-state index contributed by atoms with van der Waals surface area (Å²) >= 11 is 0. The highest BCUT2D eigenvalue weighted by molar-refractivity contribution is 5.49. The van der Waals surface area contributed by atoms with Crippen LogP contribution in [0.2, 0.25) is 0 Å². The Kier molecular flexibility index (Phi) is 5.56. The number of hydrogen-bond donors (Lipinski definition) is 1. The standard InChI is InChI=1S/C16H22F3NO2/c1-3-21-14-9-13(16(17,18)19)15(22-4-2)8-12(14)11-6-5-7-20-10-11/h8-9,11,20H,3-7,10H2,1-2H3/t11-/m0/s1. The summed E-state index contributed by atoms with van der Waals surface area (Å²) in [5, 5.41) is 3.28. The number of piperidine rings is 1. The van der Waals surface area contributed by atoms with Crippen LogP contribution < -0.4 is 14.8 Å². The molecule has 1 N–H and O–H groups in total. The van der Waals surface area contributed by atoms with Crippen LogP contribution in [0.1, 0.15) is 43.7 Å². The van der Waals surface area contributed by atoms with Gasteiger partial charge in [-0.25, -0.2) is 0 Å². The Hall–Kier alpha value is -1.43. The first-order valence-electron chi connectivity index (χ1n) is 7.68. The van der Waals surface area contributed by atoms with E-state index in [2.05, 4.69) is 5.32 Å². The first-order valence-corrected chi connectivity index (χ1v) is 7.68. The lowest BCUT2D eigenvalue weighted by molar-refractivity contribution is -0.139. The Balaban J connectivity index is 2.48. The molecule has 1 heterocycles. The summed E-state index contributed by atoms with van der Waals surface area (Å²) in [6, 6.07) is 2.59. The monoisotopic (exact) mass is 317 g/mol. The third-order valence-electron chi connectivity index (χ3n) is 3.75. The van der Waals surface area contributed by atoms with Gasteiger partial charge in [-0.15, -0.1) is 0 Å². The Morgan fingerprint density at radius 3 is 2.36 bits per heavy atom. The lowest BCUT2D eigenvalue weighted by Gasteiger charge is -2.26. The van der Waals surface area contributed by atoms with Crippen LogP contribution in [-0.2, 0) is 6.18 Å². The molecule has 6 heteroatoms. The fourth-order valence-corrected chi connectivity index (χ4v) is 2.79. The lowest BCUT2D eigenvalue weighted by Crippen LogP contribution is -2.28. The molecule has 0 spiro atoms. The number of hydrogen-bond acceptors (Lipinski definition) is 3. The molecule has 1 aliphatic rings. The quantitative estimate of drug-likeness (QED) is 0.891. The van der Waals surface area contributed by atoms with E-state index in [1.54, 1.807) is 13.8 Å². The molecule has 0 bridgehead atoms. The van der Waals surface area contributed by atoms with Crippen molar-refractivity contribution in [2.45, 2.75) is 38.8 Å². The van der Waals surface area contributed by atoms with Gasteiger partial charge in [0.1, 0.15) is 17.1 Å². The Morgan fingerprint density at radius 2 is 1.82 bits per heavy atom. The van der Waals surface area contributed by atoms with Crippen molar-refractivity contribution in [3.63, 3.8) is 0 Å². The van der Waals surface area contributed by atoms with E-state index in [9.17, 15) is 13.2 Å². The topological polar surface area (TPSA) is 30.5 Å². The summed E-state index contributed by atoms with van der Waals surface area (Å²) in [6.07, 6.45) is -2.52. The van der Waals surface area contributed by atoms with E-state index in [0.29, 0.717) is 12.4 Å². The predicted octanol–water partition coefficient (Wildman–Crippen LogP) is 3.97. The molecule has 0 amide bonds. The van der Waals surface area contributed by atoms with E-state index in [1.807, 2.05) is 0 Å². The second-order valence-corrected chi connectivity index (χ2v) is 5.29. The van der Waals surface area contributed by atoms with E-state index in [4.69, 9.17) is 9.47 Å². The number of rotatable bonds is 5.